The molecular weight excluding hydrogens is 521 g/mol. The van der Waals surface area contributed by atoms with Gasteiger partial charge in [-0.25, -0.2) is 0 Å². The molecule has 41 heavy (non-hydrogen) atoms. The molecule has 0 aromatic heterocycles. The summed E-state index contributed by atoms with van der Waals surface area (Å²) in [6.45, 7) is 5.35. The van der Waals surface area contributed by atoms with Crippen molar-refractivity contribution in [2.75, 3.05) is 4.90 Å². The molecule has 0 radical (unpaired) electrons. The summed E-state index contributed by atoms with van der Waals surface area (Å²) in [6.07, 6.45) is 5.68. The average molecular weight is 549 g/mol. The third-order valence-corrected chi connectivity index (χ3v) is 8.81. The summed E-state index contributed by atoms with van der Waals surface area (Å²) in [7, 11) is -1.77. The SMILES string of the molecule is C=CCc1cccc(C2C3=CCC4C(=O)N(c5cccc(B(O)O)c5)C(=O)C4C3CC3=C2C(=O)C=C(C)C3=O)c1O. The zero-order chi connectivity index (χ0) is 29.2. The van der Waals surface area contributed by atoms with E-state index >= 15 is 0 Å². The first-order valence-corrected chi connectivity index (χ1v) is 13.6. The number of fused-ring (bicyclic) bond motifs is 3. The minimum Gasteiger partial charge on any atom is -0.507 e. The standard InChI is InChI=1S/C32H28BNO7/c1-3-6-17-7-4-10-21(30(17)37)26-20-11-12-22-27(23(20)15-24-28(26)25(35)13-16(2)29(24)36)32(39)34(31(22)38)19-9-5-8-18(14-19)33(40)41/h3-5,7-11,13-14,22-23,26-27,37,40-41H,1,6,12,15H2,2H3. The number of phenols is 1. The molecule has 3 aliphatic carbocycles. The fourth-order valence-corrected chi connectivity index (χ4v) is 6.98. The van der Waals surface area contributed by atoms with Crippen molar-refractivity contribution in [2.45, 2.75) is 32.1 Å². The van der Waals surface area contributed by atoms with Gasteiger partial charge in [0.15, 0.2) is 11.6 Å². The van der Waals surface area contributed by atoms with Gasteiger partial charge < -0.3 is 15.2 Å². The highest BCUT2D eigenvalue weighted by Gasteiger charge is 2.56. The van der Waals surface area contributed by atoms with Gasteiger partial charge in [-0.05, 0) is 61.3 Å². The molecule has 206 valence electrons. The summed E-state index contributed by atoms with van der Waals surface area (Å²) >= 11 is 0. The zero-order valence-corrected chi connectivity index (χ0v) is 22.4. The maximum absolute atomic E-state index is 14.0. The highest BCUT2D eigenvalue weighted by molar-refractivity contribution is 6.58. The van der Waals surface area contributed by atoms with Crippen molar-refractivity contribution in [1.82, 2.24) is 0 Å². The molecule has 1 saturated heterocycles. The lowest BCUT2D eigenvalue weighted by Gasteiger charge is -2.42. The van der Waals surface area contributed by atoms with E-state index in [0.29, 0.717) is 34.3 Å². The number of aromatic hydroxyl groups is 1. The summed E-state index contributed by atoms with van der Waals surface area (Å²) < 4.78 is 0. The molecule has 8 nitrogen and oxygen atoms in total. The molecule has 3 N–H and O–H groups in total. The minimum absolute atomic E-state index is 0.00859. The molecule has 1 fully saturated rings. The number of rotatable bonds is 5. The van der Waals surface area contributed by atoms with E-state index in [1.54, 1.807) is 43.3 Å². The molecule has 2 aromatic carbocycles. The van der Waals surface area contributed by atoms with Crippen LogP contribution in [0.5, 0.6) is 5.75 Å². The summed E-state index contributed by atoms with van der Waals surface area (Å²) in [6, 6.07) is 11.3. The summed E-state index contributed by atoms with van der Waals surface area (Å²) in [5.74, 6) is -4.14. The first-order chi connectivity index (χ1) is 19.6. The van der Waals surface area contributed by atoms with Gasteiger partial charge in [-0.1, -0.05) is 48.1 Å². The largest absolute Gasteiger partial charge is 0.507 e. The average Bonchev–Trinajstić information content (AvgIpc) is 3.21. The smallest absolute Gasteiger partial charge is 0.488 e. The predicted molar refractivity (Wildman–Crippen MR) is 152 cm³/mol. The zero-order valence-electron chi connectivity index (χ0n) is 22.4. The lowest BCUT2D eigenvalue weighted by atomic mass is 9.59. The Labute approximate surface area is 237 Å². The predicted octanol–water partition coefficient (Wildman–Crippen LogP) is 2.43. The number of nitrogens with zero attached hydrogens (tertiary/aromatic N) is 1. The summed E-state index contributed by atoms with van der Waals surface area (Å²) in [5.41, 5.74) is 3.17. The number of anilines is 1. The molecule has 4 aliphatic rings. The van der Waals surface area contributed by atoms with Crippen LogP contribution in [0.1, 0.15) is 36.8 Å². The maximum atomic E-state index is 14.0. The topological polar surface area (TPSA) is 132 Å². The molecule has 2 amide bonds. The van der Waals surface area contributed by atoms with Gasteiger partial charge in [-0.15, -0.1) is 6.58 Å². The van der Waals surface area contributed by atoms with Gasteiger partial charge in [-0.3, -0.25) is 24.1 Å². The number of phenolic OH excluding ortho intramolecular Hbond substituents is 1. The molecule has 4 atom stereocenters. The molecule has 4 unspecified atom stereocenters. The van der Waals surface area contributed by atoms with E-state index in [4.69, 9.17) is 0 Å². The lowest BCUT2D eigenvalue weighted by Crippen LogP contribution is -2.40. The molecule has 0 saturated carbocycles. The number of benzene rings is 2. The van der Waals surface area contributed by atoms with Crippen molar-refractivity contribution < 1.29 is 34.3 Å². The third kappa shape index (κ3) is 4.07. The number of imide groups is 1. The van der Waals surface area contributed by atoms with Crippen LogP contribution in [0.15, 0.2) is 89.6 Å². The van der Waals surface area contributed by atoms with Gasteiger partial charge >= 0.3 is 7.12 Å². The van der Waals surface area contributed by atoms with Crippen molar-refractivity contribution in [2.24, 2.45) is 17.8 Å². The highest BCUT2D eigenvalue weighted by Crippen LogP contribution is 2.56. The van der Waals surface area contributed by atoms with Crippen molar-refractivity contribution in [3.05, 3.63) is 101 Å². The number of amides is 2. The second-order valence-corrected chi connectivity index (χ2v) is 11.1. The van der Waals surface area contributed by atoms with E-state index in [2.05, 4.69) is 6.58 Å². The number of ketones is 2. The molecule has 2 aromatic rings. The number of para-hydroxylation sites is 1. The van der Waals surface area contributed by atoms with Gasteiger partial charge in [0, 0.05) is 28.2 Å². The van der Waals surface area contributed by atoms with E-state index in [-0.39, 0.29) is 41.3 Å². The van der Waals surface area contributed by atoms with E-state index in [0.717, 1.165) is 10.5 Å². The second-order valence-electron chi connectivity index (χ2n) is 11.1. The first kappa shape index (κ1) is 26.9. The Bertz CT molecular complexity index is 1650. The third-order valence-electron chi connectivity index (χ3n) is 8.81. The van der Waals surface area contributed by atoms with Crippen molar-refractivity contribution >= 4 is 41.6 Å². The van der Waals surface area contributed by atoms with E-state index in [1.807, 2.05) is 6.08 Å². The first-order valence-electron chi connectivity index (χ1n) is 13.6. The molecule has 6 rings (SSSR count). The number of carbonyl (C=O) groups is 4. The van der Waals surface area contributed by atoms with Crippen LogP contribution in [-0.4, -0.2) is 45.7 Å². The van der Waals surface area contributed by atoms with Gasteiger partial charge in [0.25, 0.3) is 0 Å². The van der Waals surface area contributed by atoms with Crippen LogP contribution in [0, 0.1) is 17.8 Å². The van der Waals surface area contributed by atoms with E-state index in [1.165, 1.54) is 18.2 Å². The Morgan fingerprint density at radius 2 is 1.80 bits per heavy atom. The van der Waals surface area contributed by atoms with E-state index in [9.17, 15) is 34.3 Å². The minimum atomic E-state index is -1.77. The number of hydrogen-bond acceptors (Lipinski definition) is 7. The van der Waals surface area contributed by atoms with Crippen LogP contribution in [0.3, 0.4) is 0 Å². The monoisotopic (exact) mass is 549 g/mol. The summed E-state index contributed by atoms with van der Waals surface area (Å²) in [4.78, 5) is 55.7. The molecule has 0 bridgehead atoms. The Hall–Kier alpha value is -4.34. The molecule has 1 aliphatic heterocycles. The van der Waals surface area contributed by atoms with Crippen LogP contribution >= 0.6 is 0 Å². The Morgan fingerprint density at radius 3 is 2.54 bits per heavy atom. The van der Waals surface area contributed by atoms with Crippen LogP contribution < -0.4 is 10.4 Å². The number of allylic oxidation sites excluding steroid dienone is 7. The number of hydrogen-bond donors (Lipinski definition) is 3. The summed E-state index contributed by atoms with van der Waals surface area (Å²) in [5, 5.41) is 30.6. The number of Topliss-reactive ketones (excluding diaryl/α,β-unsaturated/α-hetero) is 1. The van der Waals surface area contributed by atoms with Gasteiger partial charge in [0.1, 0.15) is 5.75 Å². The Kier molecular flexibility index (Phi) is 6.51. The maximum Gasteiger partial charge on any atom is 0.488 e. The lowest BCUT2D eigenvalue weighted by molar-refractivity contribution is -0.123. The highest BCUT2D eigenvalue weighted by atomic mass is 16.4. The molecule has 0 spiro atoms. The van der Waals surface area contributed by atoms with Gasteiger partial charge in [-0.2, -0.15) is 0 Å². The van der Waals surface area contributed by atoms with Crippen LogP contribution in [0.25, 0.3) is 0 Å². The van der Waals surface area contributed by atoms with Gasteiger partial charge in [0.2, 0.25) is 11.8 Å². The second kappa shape index (κ2) is 9.94. The van der Waals surface area contributed by atoms with Crippen LogP contribution in [0.2, 0.25) is 0 Å². The van der Waals surface area contributed by atoms with E-state index < -0.39 is 42.6 Å². The normalized spacial score (nSPS) is 25.4. The van der Waals surface area contributed by atoms with Crippen LogP contribution in [-0.2, 0) is 25.6 Å². The molecule has 1 heterocycles. The fraction of sp³-hybridized carbons (Fsp3) is 0.250. The van der Waals surface area contributed by atoms with Crippen LogP contribution in [0.4, 0.5) is 5.69 Å². The molecular formula is C32H28BNO7. The van der Waals surface area contributed by atoms with Crippen molar-refractivity contribution in [3.63, 3.8) is 0 Å². The van der Waals surface area contributed by atoms with Crippen molar-refractivity contribution in [3.8, 4) is 5.75 Å². The molecule has 9 heteroatoms. The number of carbonyl (C=O) groups excluding carboxylic acids is 4. The quantitative estimate of drug-likeness (QED) is 0.226. The van der Waals surface area contributed by atoms with Crippen molar-refractivity contribution in [1.29, 1.82) is 0 Å². The fourth-order valence-electron chi connectivity index (χ4n) is 6.98. The Balaban J connectivity index is 1.49. The Morgan fingerprint density at radius 1 is 1.05 bits per heavy atom. The van der Waals surface area contributed by atoms with Gasteiger partial charge in [0.05, 0.1) is 17.5 Å².